The van der Waals surface area contributed by atoms with E-state index in [1.54, 1.807) is 12.1 Å². The number of rotatable bonds is 3. The Morgan fingerprint density at radius 3 is 3.00 bits per heavy atom. The molecule has 0 bridgehead atoms. The molecule has 1 aliphatic rings. The Hall–Kier alpha value is -1.98. The summed E-state index contributed by atoms with van der Waals surface area (Å²) in [6.07, 6.45) is 2.78. The Morgan fingerprint density at radius 2 is 2.27 bits per heavy atom. The molecule has 0 fully saturated rings. The highest BCUT2D eigenvalue weighted by Crippen LogP contribution is 2.23. The standard InChI is InChI=1S/C16H16ClN3O2/c1-10-18-7-13-9-20(5-4-15(13)19-10)8-12-3-2-11(16(21)22)6-14(12)17/h2-3,6-7H,4-5,8-9H2,1H3,(H,21,22). The first kappa shape index (κ1) is 14.9. The first-order chi connectivity index (χ1) is 10.5. The highest BCUT2D eigenvalue weighted by molar-refractivity contribution is 6.31. The van der Waals surface area contributed by atoms with Gasteiger partial charge < -0.3 is 5.11 Å². The van der Waals surface area contributed by atoms with Crippen LogP contribution in [-0.4, -0.2) is 32.5 Å². The monoisotopic (exact) mass is 317 g/mol. The van der Waals surface area contributed by atoms with Crippen LogP contribution < -0.4 is 0 Å². The second kappa shape index (κ2) is 6.02. The maximum atomic E-state index is 10.9. The molecular weight excluding hydrogens is 302 g/mol. The third-order valence-electron chi connectivity index (χ3n) is 3.83. The Balaban J connectivity index is 1.75. The van der Waals surface area contributed by atoms with Crippen molar-refractivity contribution in [1.82, 2.24) is 14.9 Å². The van der Waals surface area contributed by atoms with Gasteiger partial charge in [0.05, 0.1) is 5.56 Å². The third kappa shape index (κ3) is 3.10. The van der Waals surface area contributed by atoms with Crippen LogP contribution in [0, 0.1) is 6.92 Å². The van der Waals surface area contributed by atoms with E-state index in [0.29, 0.717) is 11.6 Å². The van der Waals surface area contributed by atoms with Gasteiger partial charge in [-0.05, 0) is 24.6 Å². The molecule has 0 radical (unpaired) electrons. The molecule has 3 rings (SSSR count). The molecule has 114 valence electrons. The molecule has 2 aromatic rings. The molecule has 1 aliphatic heterocycles. The van der Waals surface area contributed by atoms with E-state index in [0.717, 1.165) is 42.2 Å². The molecule has 5 nitrogen and oxygen atoms in total. The first-order valence-electron chi connectivity index (χ1n) is 7.08. The fourth-order valence-corrected chi connectivity index (χ4v) is 2.90. The van der Waals surface area contributed by atoms with Crippen LogP contribution in [0.5, 0.6) is 0 Å². The molecule has 0 atom stereocenters. The average Bonchev–Trinajstić information content (AvgIpc) is 2.49. The Morgan fingerprint density at radius 1 is 1.45 bits per heavy atom. The van der Waals surface area contributed by atoms with Gasteiger partial charge in [-0.2, -0.15) is 0 Å². The summed E-state index contributed by atoms with van der Waals surface area (Å²) >= 11 is 6.20. The predicted octanol–water partition coefficient (Wildman–Crippen LogP) is 2.69. The van der Waals surface area contributed by atoms with Crippen molar-refractivity contribution in [2.45, 2.75) is 26.4 Å². The molecule has 0 saturated heterocycles. The lowest BCUT2D eigenvalue weighted by molar-refractivity contribution is 0.0697. The molecule has 1 aromatic heterocycles. The van der Waals surface area contributed by atoms with Crippen LogP contribution in [0.4, 0.5) is 0 Å². The number of nitrogens with zero attached hydrogens (tertiary/aromatic N) is 3. The molecule has 0 spiro atoms. The van der Waals surface area contributed by atoms with E-state index in [4.69, 9.17) is 16.7 Å². The van der Waals surface area contributed by atoms with E-state index >= 15 is 0 Å². The minimum absolute atomic E-state index is 0.210. The summed E-state index contributed by atoms with van der Waals surface area (Å²) in [6, 6.07) is 4.88. The lowest BCUT2D eigenvalue weighted by Gasteiger charge is -2.28. The number of carboxylic acid groups (broad SMARTS) is 1. The number of hydrogen-bond acceptors (Lipinski definition) is 4. The number of carboxylic acids is 1. The topological polar surface area (TPSA) is 66.3 Å². The number of fused-ring (bicyclic) bond motifs is 1. The fourth-order valence-electron chi connectivity index (χ4n) is 2.66. The van der Waals surface area contributed by atoms with E-state index in [1.807, 2.05) is 13.1 Å². The van der Waals surface area contributed by atoms with Crippen molar-refractivity contribution in [2.24, 2.45) is 0 Å². The number of aryl methyl sites for hydroxylation is 1. The smallest absolute Gasteiger partial charge is 0.335 e. The van der Waals surface area contributed by atoms with Crippen LogP contribution in [0.3, 0.4) is 0 Å². The molecule has 0 unspecified atom stereocenters. The summed E-state index contributed by atoms with van der Waals surface area (Å²) in [7, 11) is 0. The van der Waals surface area contributed by atoms with Crippen LogP contribution in [0.1, 0.15) is 33.0 Å². The first-order valence-corrected chi connectivity index (χ1v) is 7.46. The lowest BCUT2D eigenvalue weighted by atomic mass is 10.1. The number of carbonyl (C=O) groups is 1. The minimum atomic E-state index is -0.965. The molecule has 0 aliphatic carbocycles. The van der Waals surface area contributed by atoms with Crippen molar-refractivity contribution >= 4 is 17.6 Å². The number of benzene rings is 1. The fraction of sp³-hybridized carbons (Fsp3) is 0.312. The summed E-state index contributed by atoms with van der Waals surface area (Å²) in [6.45, 7) is 4.27. The Labute approximate surface area is 133 Å². The predicted molar refractivity (Wildman–Crippen MR) is 83.0 cm³/mol. The second-order valence-electron chi connectivity index (χ2n) is 5.46. The van der Waals surface area contributed by atoms with Gasteiger partial charge in [0, 0.05) is 48.5 Å². The van der Waals surface area contributed by atoms with E-state index in [2.05, 4.69) is 14.9 Å². The van der Waals surface area contributed by atoms with Crippen molar-refractivity contribution in [3.8, 4) is 0 Å². The lowest BCUT2D eigenvalue weighted by Crippen LogP contribution is -2.31. The van der Waals surface area contributed by atoms with Gasteiger partial charge in [0.25, 0.3) is 0 Å². The average molecular weight is 318 g/mol. The summed E-state index contributed by atoms with van der Waals surface area (Å²) in [5, 5.41) is 9.46. The van der Waals surface area contributed by atoms with Crippen molar-refractivity contribution in [3.05, 3.63) is 57.6 Å². The molecule has 0 saturated carbocycles. The molecule has 1 N–H and O–H groups in total. The molecule has 22 heavy (non-hydrogen) atoms. The van der Waals surface area contributed by atoms with E-state index in [9.17, 15) is 4.79 Å². The molecular formula is C16H16ClN3O2. The van der Waals surface area contributed by atoms with E-state index < -0.39 is 5.97 Å². The van der Waals surface area contributed by atoms with Crippen LogP contribution in [-0.2, 0) is 19.5 Å². The van der Waals surface area contributed by atoms with Crippen molar-refractivity contribution in [1.29, 1.82) is 0 Å². The van der Waals surface area contributed by atoms with Crippen LogP contribution in [0.2, 0.25) is 5.02 Å². The van der Waals surface area contributed by atoms with E-state index in [1.165, 1.54) is 6.07 Å². The van der Waals surface area contributed by atoms with Crippen LogP contribution in [0.15, 0.2) is 24.4 Å². The highest BCUT2D eigenvalue weighted by atomic mass is 35.5. The summed E-state index contributed by atoms with van der Waals surface area (Å²) in [5.74, 6) is -0.160. The minimum Gasteiger partial charge on any atom is -0.478 e. The quantitative estimate of drug-likeness (QED) is 0.942. The summed E-state index contributed by atoms with van der Waals surface area (Å²) < 4.78 is 0. The van der Waals surface area contributed by atoms with Crippen LogP contribution in [0.25, 0.3) is 0 Å². The van der Waals surface area contributed by atoms with Gasteiger partial charge in [0.15, 0.2) is 0 Å². The molecule has 6 heteroatoms. The number of aromatic nitrogens is 2. The van der Waals surface area contributed by atoms with Gasteiger partial charge >= 0.3 is 5.97 Å². The number of hydrogen-bond donors (Lipinski definition) is 1. The Kier molecular flexibility index (Phi) is 4.09. The molecule has 2 heterocycles. The third-order valence-corrected chi connectivity index (χ3v) is 4.18. The Bertz CT molecular complexity index is 733. The molecule has 1 aromatic carbocycles. The maximum Gasteiger partial charge on any atom is 0.335 e. The van der Waals surface area contributed by atoms with E-state index in [-0.39, 0.29) is 5.56 Å². The number of aromatic carboxylic acids is 1. The van der Waals surface area contributed by atoms with Gasteiger partial charge in [-0.25, -0.2) is 14.8 Å². The largest absolute Gasteiger partial charge is 0.478 e. The van der Waals surface area contributed by atoms with Gasteiger partial charge in [-0.15, -0.1) is 0 Å². The van der Waals surface area contributed by atoms with Gasteiger partial charge in [0.1, 0.15) is 5.82 Å². The zero-order valence-electron chi connectivity index (χ0n) is 12.2. The SMILES string of the molecule is Cc1ncc2c(n1)CCN(Cc1ccc(C(=O)O)cc1Cl)C2. The van der Waals surface area contributed by atoms with Crippen molar-refractivity contribution < 1.29 is 9.90 Å². The molecule has 0 amide bonds. The van der Waals surface area contributed by atoms with Crippen LogP contribution >= 0.6 is 11.6 Å². The van der Waals surface area contributed by atoms with Gasteiger partial charge in [-0.1, -0.05) is 17.7 Å². The van der Waals surface area contributed by atoms with Gasteiger partial charge in [-0.3, -0.25) is 4.90 Å². The summed E-state index contributed by atoms with van der Waals surface area (Å²) in [5.41, 5.74) is 3.41. The number of halogens is 1. The zero-order valence-corrected chi connectivity index (χ0v) is 13.0. The highest BCUT2D eigenvalue weighted by Gasteiger charge is 2.19. The van der Waals surface area contributed by atoms with Gasteiger partial charge in [0.2, 0.25) is 0 Å². The zero-order chi connectivity index (χ0) is 15.7. The maximum absolute atomic E-state index is 10.9. The van der Waals surface area contributed by atoms with Crippen molar-refractivity contribution in [2.75, 3.05) is 6.54 Å². The normalized spacial score (nSPS) is 14.6. The van der Waals surface area contributed by atoms with Crippen molar-refractivity contribution in [3.63, 3.8) is 0 Å². The summed E-state index contributed by atoms with van der Waals surface area (Å²) in [4.78, 5) is 21.9. The second-order valence-corrected chi connectivity index (χ2v) is 5.87.